The van der Waals surface area contributed by atoms with E-state index in [1.54, 1.807) is 6.26 Å². The first kappa shape index (κ1) is 22.5. The van der Waals surface area contributed by atoms with E-state index in [1.165, 1.54) is 12.1 Å². The summed E-state index contributed by atoms with van der Waals surface area (Å²) in [5.41, 5.74) is 2.58. The zero-order valence-corrected chi connectivity index (χ0v) is 18.5. The highest BCUT2D eigenvalue weighted by Gasteiger charge is 2.30. The van der Waals surface area contributed by atoms with Crippen LogP contribution in [-0.4, -0.2) is 28.5 Å². The Labute approximate surface area is 199 Å². The Hall–Kier alpha value is -4.27. The van der Waals surface area contributed by atoms with Crippen LogP contribution in [0, 0.1) is 0 Å². The Kier molecular flexibility index (Phi) is 6.13. The number of anilines is 1. The third-order valence-electron chi connectivity index (χ3n) is 5.55. The van der Waals surface area contributed by atoms with Gasteiger partial charge < -0.3 is 14.4 Å². The molecule has 0 aliphatic carbocycles. The molecule has 5 rings (SSSR count). The van der Waals surface area contributed by atoms with Crippen molar-refractivity contribution in [1.29, 1.82) is 0 Å². The van der Waals surface area contributed by atoms with Crippen LogP contribution in [0.3, 0.4) is 0 Å². The second-order valence-corrected chi connectivity index (χ2v) is 7.95. The molecule has 0 saturated heterocycles. The molecule has 1 aliphatic rings. The molecule has 0 radical (unpaired) electrons. The molecule has 2 heterocycles. The normalized spacial score (nSPS) is 13.2. The first-order valence-corrected chi connectivity index (χ1v) is 10.9. The van der Waals surface area contributed by atoms with Gasteiger partial charge in [0.25, 0.3) is 0 Å². The summed E-state index contributed by atoms with van der Waals surface area (Å²) in [6.07, 6.45) is -2.79. The largest absolute Gasteiger partial charge is 0.462 e. The Morgan fingerprint density at radius 1 is 0.886 bits per heavy atom. The van der Waals surface area contributed by atoms with Crippen LogP contribution in [-0.2, 0) is 22.2 Å². The van der Waals surface area contributed by atoms with Gasteiger partial charge in [0.1, 0.15) is 6.26 Å². The summed E-state index contributed by atoms with van der Waals surface area (Å²) < 4.78 is 49.5. The van der Waals surface area contributed by atoms with Crippen molar-refractivity contribution in [2.75, 3.05) is 18.2 Å². The van der Waals surface area contributed by atoms with Crippen molar-refractivity contribution in [1.82, 2.24) is 15.2 Å². The number of benzene rings is 3. The lowest BCUT2D eigenvalue weighted by molar-refractivity contribution is -0.137. The van der Waals surface area contributed by atoms with E-state index in [0.29, 0.717) is 36.1 Å². The van der Waals surface area contributed by atoms with E-state index in [-0.39, 0.29) is 6.79 Å². The number of halogens is 3. The lowest BCUT2D eigenvalue weighted by Crippen LogP contribution is -2.26. The Morgan fingerprint density at radius 3 is 2.34 bits per heavy atom. The topological polar surface area (TPSA) is 63.3 Å². The number of rotatable bonds is 7. The maximum absolute atomic E-state index is 12.9. The predicted octanol–water partition coefficient (Wildman–Crippen LogP) is 6.01. The fourth-order valence-electron chi connectivity index (χ4n) is 3.84. The number of nitrogens with zero attached hydrogens (tertiary/aromatic N) is 3. The summed E-state index contributed by atoms with van der Waals surface area (Å²) in [6.45, 7) is 1.28. The maximum atomic E-state index is 12.9. The molecule has 6 nitrogen and oxygen atoms in total. The van der Waals surface area contributed by atoms with Gasteiger partial charge in [0.2, 0.25) is 6.79 Å². The molecule has 3 aromatic carbocycles. The first-order chi connectivity index (χ1) is 17.0. The van der Waals surface area contributed by atoms with Gasteiger partial charge in [0.05, 0.1) is 12.1 Å². The second kappa shape index (κ2) is 9.54. The molecule has 1 N–H and O–H groups in total. The highest BCUT2D eigenvalue weighted by molar-refractivity contribution is 5.75. The van der Waals surface area contributed by atoms with E-state index in [4.69, 9.17) is 9.47 Å². The molecule has 178 valence electrons. The van der Waals surface area contributed by atoms with E-state index < -0.39 is 11.7 Å². The van der Waals surface area contributed by atoms with Gasteiger partial charge >= 0.3 is 6.18 Å². The molecule has 0 amide bonds. The number of ether oxygens (including phenoxy) is 2. The van der Waals surface area contributed by atoms with Crippen LogP contribution in [0.4, 0.5) is 18.9 Å². The molecular weight excluding hydrogens is 457 g/mol. The molecule has 0 spiro atoms. The number of aromatic amines is 1. The standard InChI is InChI=1S/C26H21F3N4O2/c27-26(28,29)20-12-10-19(11-13-20)24-30-25(32-31-24)22-8-4-5-9-23(22)33(15-21-16-34-17-35-21)14-18-6-2-1-3-7-18/h1-13,16H,14-15,17H2,(H,30,31,32). The number of hydrogen-bond acceptors (Lipinski definition) is 5. The Bertz CT molecular complexity index is 1320. The predicted molar refractivity (Wildman–Crippen MR) is 125 cm³/mol. The average Bonchev–Trinajstić information content (AvgIpc) is 3.57. The van der Waals surface area contributed by atoms with Crippen LogP contribution < -0.4 is 4.90 Å². The molecule has 35 heavy (non-hydrogen) atoms. The number of alkyl halides is 3. The van der Waals surface area contributed by atoms with Crippen molar-refractivity contribution in [2.45, 2.75) is 12.7 Å². The van der Waals surface area contributed by atoms with Gasteiger partial charge in [-0.2, -0.15) is 18.3 Å². The van der Waals surface area contributed by atoms with Gasteiger partial charge in [-0.3, -0.25) is 5.10 Å². The van der Waals surface area contributed by atoms with Gasteiger partial charge in [-0.25, -0.2) is 4.98 Å². The Morgan fingerprint density at radius 2 is 1.63 bits per heavy atom. The van der Waals surface area contributed by atoms with Crippen LogP contribution in [0.1, 0.15) is 11.1 Å². The van der Waals surface area contributed by atoms with Crippen LogP contribution in [0.15, 0.2) is 90.9 Å². The minimum Gasteiger partial charge on any atom is -0.462 e. The van der Waals surface area contributed by atoms with Crippen LogP contribution in [0.25, 0.3) is 22.8 Å². The zero-order chi connectivity index (χ0) is 24.3. The average molecular weight is 478 g/mol. The molecule has 0 atom stereocenters. The van der Waals surface area contributed by atoms with Gasteiger partial charge in [0, 0.05) is 23.4 Å². The summed E-state index contributed by atoms with van der Waals surface area (Å²) >= 11 is 0. The molecule has 0 bridgehead atoms. The van der Waals surface area contributed by atoms with Gasteiger partial charge in [-0.15, -0.1) is 0 Å². The molecule has 9 heteroatoms. The Balaban J connectivity index is 1.47. The third-order valence-corrected chi connectivity index (χ3v) is 5.55. The molecule has 1 aromatic heterocycles. The van der Waals surface area contributed by atoms with Crippen molar-refractivity contribution in [3.63, 3.8) is 0 Å². The second-order valence-electron chi connectivity index (χ2n) is 7.95. The van der Waals surface area contributed by atoms with Crippen molar-refractivity contribution >= 4 is 5.69 Å². The van der Waals surface area contributed by atoms with Crippen LogP contribution in [0.2, 0.25) is 0 Å². The minimum atomic E-state index is -4.40. The summed E-state index contributed by atoms with van der Waals surface area (Å²) in [7, 11) is 0. The van der Waals surface area contributed by atoms with E-state index in [1.807, 2.05) is 54.6 Å². The van der Waals surface area contributed by atoms with E-state index in [2.05, 4.69) is 20.1 Å². The molecular formula is C26H21F3N4O2. The van der Waals surface area contributed by atoms with Gasteiger partial charge in [-0.05, 0) is 29.8 Å². The number of hydrogen-bond donors (Lipinski definition) is 1. The van der Waals surface area contributed by atoms with Crippen LogP contribution >= 0.6 is 0 Å². The molecule has 1 aliphatic heterocycles. The molecule has 0 fully saturated rings. The summed E-state index contributed by atoms with van der Waals surface area (Å²) in [4.78, 5) is 6.72. The summed E-state index contributed by atoms with van der Waals surface area (Å²) in [5.74, 6) is 1.53. The molecule has 0 saturated carbocycles. The SMILES string of the molecule is FC(F)(F)c1ccc(-c2n[nH]c(-c3ccccc3N(CC3=COCO3)Cc3ccccc3)n2)cc1. The van der Waals surface area contributed by atoms with E-state index in [9.17, 15) is 13.2 Å². The smallest absolute Gasteiger partial charge is 0.416 e. The van der Waals surface area contributed by atoms with E-state index in [0.717, 1.165) is 28.9 Å². The van der Waals surface area contributed by atoms with Crippen molar-refractivity contribution < 1.29 is 22.6 Å². The fourth-order valence-corrected chi connectivity index (χ4v) is 3.84. The fraction of sp³-hybridized carbons (Fsp3) is 0.154. The van der Waals surface area contributed by atoms with E-state index >= 15 is 0 Å². The monoisotopic (exact) mass is 478 g/mol. The molecule has 4 aromatic rings. The minimum absolute atomic E-state index is 0.189. The molecule has 0 unspecified atom stereocenters. The summed E-state index contributed by atoms with van der Waals surface area (Å²) in [6, 6.07) is 22.6. The zero-order valence-electron chi connectivity index (χ0n) is 18.5. The number of aromatic nitrogens is 3. The highest BCUT2D eigenvalue weighted by atomic mass is 19.4. The number of H-pyrrole nitrogens is 1. The third kappa shape index (κ3) is 5.13. The van der Waals surface area contributed by atoms with Gasteiger partial charge in [0.15, 0.2) is 17.4 Å². The quantitative estimate of drug-likeness (QED) is 0.353. The lowest BCUT2D eigenvalue weighted by Gasteiger charge is -2.26. The first-order valence-electron chi connectivity index (χ1n) is 10.9. The van der Waals surface area contributed by atoms with Gasteiger partial charge in [-0.1, -0.05) is 54.6 Å². The maximum Gasteiger partial charge on any atom is 0.416 e. The number of nitrogens with one attached hydrogen (secondary N) is 1. The van der Waals surface area contributed by atoms with Crippen LogP contribution in [0.5, 0.6) is 0 Å². The highest BCUT2D eigenvalue weighted by Crippen LogP contribution is 2.33. The van der Waals surface area contributed by atoms with Crippen molar-refractivity contribution in [3.8, 4) is 22.8 Å². The number of para-hydroxylation sites is 1. The van der Waals surface area contributed by atoms with Crippen molar-refractivity contribution in [3.05, 3.63) is 102 Å². The van der Waals surface area contributed by atoms with Crippen molar-refractivity contribution in [2.24, 2.45) is 0 Å². The lowest BCUT2D eigenvalue weighted by atomic mass is 10.1. The summed E-state index contributed by atoms with van der Waals surface area (Å²) in [5, 5.41) is 7.19.